The number of hydrogen-bond donors (Lipinski definition) is 1. The summed E-state index contributed by atoms with van der Waals surface area (Å²) in [6.07, 6.45) is 13.8. The molecule has 2 aliphatic carbocycles. The van der Waals surface area contributed by atoms with E-state index in [1.165, 1.54) is 57.8 Å². The Balaban J connectivity index is 1.06. The van der Waals surface area contributed by atoms with Crippen molar-refractivity contribution in [3.8, 4) is 0 Å². The Morgan fingerprint density at radius 3 is 2.41 bits per heavy atom. The zero-order chi connectivity index (χ0) is 26.9. The third-order valence-electron chi connectivity index (χ3n) is 9.61. The van der Waals surface area contributed by atoms with Crippen LogP contribution in [-0.4, -0.2) is 49.4 Å². The summed E-state index contributed by atoms with van der Waals surface area (Å²) >= 11 is 0. The first kappa shape index (κ1) is 27.9. The van der Waals surface area contributed by atoms with Crippen LogP contribution in [0.15, 0.2) is 54.6 Å². The minimum atomic E-state index is 0.0902. The fourth-order valence-electron chi connectivity index (χ4n) is 7.22. The lowest BCUT2D eigenvalue weighted by molar-refractivity contribution is -0.121. The molecule has 210 valence electrons. The molecule has 1 spiro atoms. The van der Waals surface area contributed by atoms with Crippen LogP contribution in [0.5, 0.6) is 0 Å². The lowest BCUT2D eigenvalue weighted by Gasteiger charge is -2.40. The van der Waals surface area contributed by atoms with Gasteiger partial charge in [-0.2, -0.15) is 0 Å². The molecule has 1 heterocycles. The van der Waals surface area contributed by atoms with Gasteiger partial charge in [0, 0.05) is 31.6 Å². The number of carbonyl (C=O) groups is 2. The molecular formula is C34H47N3O2. The largest absolute Gasteiger partial charge is 0.356 e. The number of piperidine rings is 1. The molecule has 39 heavy (non-hydrogen) atoms. The Labute approximate surface area is 235 Å². The normalized spacial score (nSPS) is 19.1. The summed E-state index contributed by atoms with van der Waals surface area (Å²) in [5.74, 6) is 0.853. The van der Waals surface area contributed by atoms with Crippen LogP contribution in [-0.2, 0) is 21.4 Å². The molecule has 1 saturated carbocycles. The van der Waals surface area contributed by atoms with E-state index in [4.69, 9.17) is 0 Å². The van der Waals surface area contributed by atoms with Crippen LogP contribution in [0.25, 0.3) is 0 Å². The summed E-state index contributed by atoms with van der Waals surface area (Å²) in [5, 5.41) is 3.11. The number of hydrogen-bond acceptors (Lipinski definition) is 3. The molecule has 2 amide bonds. The number of rotatable bonds is 11. The molecule has 2 aromatic carbocycles. The van der Waals surface area contributed by atoms with Crippen LogP contribution >= 0.6 is 0 Å². The van der Waals surface area contributed by atoms with Gasteiger partial charge >= 0.3 is 0 Å². The maximum atomic E-state index is 13.3. The van der Waals surface area contributed by atoms with E-state index in [1.54, 1.807) is 11.1 Å². The number of nitrogens with zero attached hydrogens (tertiary/aromatic N) is 2. The highest BCUT2D eigenvalue weighted by Gasteiger charge is 2.40. The molecule has 5 rings (SSSR count). The average molecular weight is 530 g/mol. The predicted molar refractivity (Wildman–Crippen MR) is 159 cm³/mol. The standard InChI is InChI=1S/C34H47N3O2/c38-32(35-27-28-11-3-1-4-12-28)17-9-18-33(39)37(30-14-5-2-6-15-30)24-10-23-36-25-21-34(22-26-36)20-19-29-13-7-8-16-31(29)34/h2,5-8,13-16,28H,1,3-4,9-12,17-27H2,(H,35,38). The molecule has 0 atom stereocenters. The summed E-state index contributed by atoms with van der Waals surface area (Å²) in [6, 6.07) is 19.1. The molecule has 0 radical (unpaired) electrons. The van der Waals surface area contributed by atoms with Crippen molar-refractivity contribution >= 4 is 17.5 Å². The number of likely N-dealkylation sites (tertiary alicyclic amines) is 1. The van der Waals surface area contributed by atoms with Gasteiger partial charge in [-0.25, -0.2) is 0 Å². The quantitative estimate of drug-likeness (QED) is 0.374. The van der Waals surface area contributed by atoms with E-state index in [0.29, 0.717) is 30.6 Å². The first-order chi connectivity index (χ1) is 19.1. The Kier molecular flexibility index (Phi) is 9.73. The maximum Gasteiger partial charge on any atom is 0.226 e. The van der Waals surface area contributed by atoms with Crippen molar-refractivity contribution < 1.29 is 9.59 Å². The molecule has 2 aromatic rings. The van der Waals surface area contributed by atoms with Crippen molar-refractivity contribution in [3.05, 3.63) is 65.7 Å². The Morgan fingerprint density at radius 1 is 0.872 bits per heavy atom. The van der Waals surface area contributed by atoms with E-state index in [-0.39, 0.29) is 11.8 Å². The smallest absolute Gasteiger partial charge is 0.226 e. The van der Waals surface area contributed by atoms with Crippen LogP contribution in [0.1, 0.15) is 88.2 Å². The minimum Gasteiger partial charge on any atom is -0.356 e. The van der Waals surface area contributed by atoms with Crippen LogP contribution in [0.3, 0.4) is 0 Å². The Morgan fingerprint density at radius 2 is 1.62 bits per heavy atom. The molecule has 0 bridgehead atoms. The topological polar surface area (TPSA) is 52.7 Å². The van der Waals surface area contributed by atoms with Gasteiger partial charge in [-0.15, -0.1) is 0 Å². The number of para-hydroxylation sites is 1. The summed E-state index contributed by atoms with van der Waals surface area (Å²) in [5.41, 5.74) is 4.52. The van der Waals surface area contributed by atoms with E-state index in [2.05, 4.69) is 34.5 Å². The molecule has 2 fully saturated rings. The highest BCUT2D eigenvalue weighted by atomic mass is 16.2. The molecule has 5 heteroatoms. The minimum absolute atomic E-state index is 0.0902. The van der Waals surface area contributed by atoms with Gasteiger partial charge in [0.25, 0.3) is 0 Å². The molecule has 1 N–H and O–H groups in total. The fraction of sp³-hybridized carbons (Fsp3) is 0.588. The average Bonchev–Trinajstić information content (AvgIpc) is 3.34. The van der Waals surface area contributed by atoms with Crippen molar-refractivity contribution in [1.82, 2.24) is 10.2 Å². The van der Waals surface area contributed by atoms with Gasteiger partial charge in [0.1, 0.15) is 0 Å². The number of anilines is 1. The first-order valence-corrected chi connectivity index (χ1v) is 15.6. The number of benzene rings is 2. The lowest BCUT2D eigenvalue weighted by atomic mass is 9.74. The van der Waals surface area contributed by atoms with Crippen molar-refractivity contribution in [1.29, 1.82) is 0 Å². The Bertz CT molecular complexity index is 1070. The summed E-state index contributed by atoms with van der Waals surface area (Å²) < 4.78 is 0. The number of fused-ring (bicyclic) bond motifs is 2. The second-order valence-corrected chi connectivity index (χ2v) is 12.2. The fourth-order valence-corrected chi connectivity index (χ4v) is 7.22. The third kappa shape index (κ3) is 7.30. The molecule has 0 aromatic heterocycles. The van der Waals surface area contributed by atoms with Crippen molar-refractivity contribution in [3.63, 3.8) is 0 Å². The predicted octanol–water partition coefficient (Wildman–Crippen LogP) is 6.26. The van der Waals surface area contributed by atoms with Gasteiger partial charge in [-0.3, -0.25) is 9.59 Å². The number of carbonyl (C=O) groups excluding carboxylic acids is 2. The summed E-state index contributed by atoms with van der Waals surface area (Å²) in [6.45, 7) is 4.83. The van der Waals surface area contributed by atoms with Crippen molar-refractivity contribution in [2.24, 2.45) is 5.92 Å². The van der Waals surface area contributed by atoms with Crippen LogP contribution < -0.4 is 10.2 Å². The van der Waals surface area contributed by atoms with E-state index in [1.807, 2.05) is 35.2 Å². The monoisotopic (exact) mass is 529 g/mol. The summed E-state index contributed by atoms with van der Waals surface area (Å²) in [7, 11) is 0. The summed E-state index contributed by atoms with van der Waals surface area (Å²) in [4.78, 5) is 30.2. The third-order valence-corrected chi connectivity index (χ3v) is 9.61. The van der Waals surface area contributed by atoms with Crippen molar-refractivity contribution in [2.45, 2.75) is 88.9 Å². The zero-order valence-electron chi connectivity index (χ0n) is 23.7. The highest BCUT2D eigenvalue weighted by molar-refractivity contribution is 5.93. The van der Waals surface area contributed by atoms with E-state index in [0.717, 1.165) is 44.8 Å². The van der Waals surface area contributed by atoms with E-state index < -0.39 is 0 Å². The van der Waals surface area contributed by atoms with Gasteiger partial charge < -0.3 is 15.1 Å². The van der Waals surface area contributed by atoms with Gasteiger partial charge in [-0.05, 0) is 106 Å². The van der Waals surface area contributed by atoms with Gasteiger partial charge in [0.05, 0.1) is 0 Å². The molecule has 1 aliphatic heterocycles. The van der Waals surface area contributed by atoms with E-state index in [9.17, 15) is 9.59 Å². The maximum absolute atomic E-state index is 13.3. The van der Waals surface area contributed by atoms with Crippen LogP contribution in [0.2, 0.25) is 0 Å². The highest BCUT2D eigenvalue weighted by Crippen LogP contribution is 2.46. The molecule has 0 unspecified atom stereocenters. The molecule has 1 saturated heterocycles. The van der Waals surface area contributed by atoms with Gasteiger partial charge in [0.15, 0.2) is 0 Å². The first-order valence-electron chi connectivity index (χ1n) is 15.6. The SMILES string of the molecule is O=C(CCCC(=O)N(CCCN1CCC2(CCc3ccccc32)CC1)c1ccccc1)NCC1CCCCC1. The lowest BCUT2D eigenvalue weighted by Crippen LogP contribution is -2.42. The van der Waals surface area contributed by atoms with Crippen LogP contribution in [0.4, 0.5) is 5.69 Å². The van der Waals surface area contributed by atoms with Crippen molar-refractivity contribution in [2.75, 3.05) is 37.6 Å². The second kappa shape index (κ2) is 13.6. The second-order valence-electron chi connectivity index (χ2n) is 12.2. The molecule has 5 nitrogen and oxygen atoms in total. The van der Waals surface area contributed by atoms with Crippen LogP contribution in [0, 0.1) is 5.92 Å². The van der Waals surface area contributed by atoms with Gasteiger partial charge in [-0.1, -0.05) is 61.7 Å². The number of nitrogens with one attached hydrogen (secondary N) is 1. The number of amides is 2. The Hall–Kier alpha value is -2.66. The molecule has 3 aliphatic rings. The van der Waals surface area contributed by atoms with Gasteiger partial charge in [0.2, 0.25) is 11.8 Å². The molecular weight excluding hydrogens is 482 g/mol. The number of aryl methyl sites for hydroxylation is 1. The zero-order valence-corrected chi connectivity index (χ0v) is 23.7. The van der Waals surface area contributed by atoms with E-state index >= 15 is 0 Å².